The van der Waals surface area contributed by atoms with Crippen molar-refractivity contribution in [2.45, 2.75) is 25.9 Å². The molecule has 0 aliphatic rings. The van der Waals surface area contributed by atoms with E-state index >= 15 is 0 Å². The molecule has 4 rings (SSSR count). The minimum atomic E-state index is -0.0835. The Bertz CT molecular complexity index is 1040. The molecule has 6 heteroatoms. The molecule has 1 amide bonds. The average Bonchev–Trinajstić information content (AvgIpc) is 3.36. The van der Waals surface area contributed by atoms with Gasteiger partial charge < -0.3 is 9.72 Å². The first-order chi connectivity index (χ1) is 13.2. The number of carbonyl (C=O) groups excluding carboxylic acids is 1. The molecule has 3 heterocycles. The first-order valence-electron chi connectivity index (χ1n) is 9.01. The number of nitrogens with zero attached hydrogens (tertiary/aromatic N) is 4. The van der Waals surface area contributed by atoms with Gasteiger partial charge in [-0.25, -0.2) is 4.98 Å². The summed E-state index contributed by atoms with van der Waals surface area (Å²) in [6.07, 6.45) is 8.27. The van der Waals surface area contributed by atoms with Gasteiger partial charge in [-0.15, -0.1) is 0 Å². The van der Waals surface area contributed by atoms with Gasteiger partial charge in [-0.2, -0.15) is 5.10 Å². The van der Waals surface area contributed by atoms with Gasteiger partial charge in [0, 0.05) is 42.9 Å². The lowest BCUT2D eigenvalue weighted by atomic mass is 10.2. The van der Waals surface area contributed by atoms with E-state index in [0.717, 1.165) is 29.9 Å². The Kier molecular flexibility index (Phi) is 4.70. The second-order valence-electron chi connectivity index (χ2n) is 6.61. The maximum atomic E-state index is 12.6. The molecule has 0 aliphatic carbocycles. The van der Waals surface area contributed by atoms with Crippen LogP contribution in [0, 0.1) is 0 Å². The van der Waals surface area contributed by atoms with E-state index in [9.17, 15) is 4.79 Å². The lowest BCUT2D eigenvalue weighted by molar-refractivity contribution is 0.0937. The fourth-order valence-corrected chi connectivity index (χ4v) is 3.01. The van der Waals surface area contributed by atoms with Crippen LogP contribution >= 0.6 is 0 Å². The predicted octanol–water partition coefficient (Wildman–Crippen LogP) is 3.41. The van der Waals surface area contributed by atoms with Crippen molar-refractivity contribution in [1.29, 1.82) is 0 Å². The van der Waals surface area contributed by atoms with Gasteiger partial charge in [-0.05, 0) is 31.5 Å². The largest absolute Gasteiger partial charge is 0.349 e. The Labute approximate surface area is 157 Å². The first kappa shape index (κ1) is 17.0. The van der Waals surface area contributed by atoms with E-state index in [2.05, 4.69) is 15.4 Å². The van der Waals surface area contributed by atoms with Gasteiger partial charge in [0.1, 0.15) is 5.65 Å². The Morgan fingerprint density at radius 1 is 1.11 bits per heavy atom. The number of benzene rings is 1. The van der Waals surface area contributed by atoms with E-state index in [4.69, 9.17) is 0 Å². The molecule has 0 radical (unpaired) electrons. The van der Waals surface area contributed by atoms with Crippen molar-refractivity contribution >= 4 is 11.6 Å². The number of fused-ring (bicyclic) bond motifs is 1. The molecule has 3 aromatic heterocycles. The highest BCUT2D eigenvalue weighted by atomic mass is 16.1. The summed E-state index contributed by atoms with van der Waals surface area (Å²) in [5.41, 5.74) is 3.38. The van der Waals surface area contributed by atoms with Gasteiger partial charge in [-0.1, -0.05) is 30.3 Å². The first-order valence-corrected chi connectivity index (χ1v) is 9.01. The predicted molar refractivity (Wildman–Crippen MR) is 104 cm³/mol. The second kappa shape index (κ2) is 7.45. The van der Waals surface area contributed by atoms with Crippen molar-refractivity contribution in [3.8, 4) is 11.3 Å². The topological polar surface area (TPSA) is 64.2 Å². The van der Waals surface area contributed by atoms with Crippen LogP contribution in [0.2, 0.25) is 0 Å². The lowest BCUT2D eigenvalue weighted by Gasteiger charge is -2.14. The highest BCUT2D eigenvalue weighted by molar-refractivity contribution is 5.94. The van der Waals surface area contributed by atoms with Gasteiger partial charge in [0.05, 0.1) is 11.3 Å². The molecule has 136 valence electrons. The smallest absolute Gasteiger partial charge is 0.252 e. The molecule has 0 fully saturated rings. The maximum absolute atomic E-state index is 12.6. The van der Waals surface area contributed by atoms with Crippen molar-refractivity contribution in [3.63, 3.8) is 0 Å². The van der Waals surface area contributed by atoms with Gasteiger partial charge >= 0.3 is 0 Å². The summed E-state index contributed by atoms with van der Waals surface area (Å²) in [5, 5.41) is 7.23. The number of pyridine rings is 1. The van der Waals surface area contributed by atoms with Crippen molar-refractivity contribution < 1.29 is 4.79 Å². The summed E-state index contributed by atoms with van der Waals surface area (Å²) < 4.78 is 3.76. The molecule has 4 aromatic rings. The van der Waals surface area contributed by atoms with Crippen LogP contribution in [0.25, 0.3) is 16.9 Å². The number of nitrogens with one attached hydrogen (secondary N) is 1. The Balaban J connectivity index is 1.45. The third-order valence-electron chi connectivity index (χ3n) is 4.51. The fraction of sp³-hybridized carbons (Fsp3) is 0.190. The molecule has 1 N–H and O–H groups in total. The van der Waals surface area contributed by atoms with E-state index < -0.39 is 0 Å². The number of aryl methyl sites for hydroxylation is 1. The molecule has 6 nitrogen and oxygen atoms in total. The quantitative estimate of drug-likeness (QED) is 0.574. The summed E-state index contributed by atoms with van der Waals surface area (Å²) in [6, 6.07) is 15.6. The molecule has 0 unspecified atom stereocenters. The third-order valence-corrected chi connectivity index (χ3v) is 4.51. The summed E-state index contributed by atoms with van der Waals surface area (Å²) in [5.74, 6) is -0.0835. The Morgan fingerprint density at radius 3 is 2.74 bits per heavy atom. The number of imidazole rings is 1. The summed E-state index contributed by atoms with van der Waals surface area (Å²) >= 11 is 0. The van der Waals surface area contributed by atoms with Crippen LogP contribution in [0.5, 0.6) is 0 Å². The SMILES string of the molecule is C[C@@H](CCn1cccn1)NC(=O)c1ccc2nc(-c3ccccc3)cn2c1. The lowest BCUT2D eigenvalue weighted by Crippen LogP contribution is -2.33. The molecular weight excluding hydrogens is 338 g/mol. The zero-order chi connectivity index (χ0) is 18.6. The second-order valence-corrected chi connectivity index (χ2v) is 6.61. The van der Waals surface area contributed by atoms with E-state index in [1.54, 1.807) is 6.20 Å². The van der Waals surface area contributed by atoms with Crippen molar-refractivity contribution in [2.24, 2.45) is 0 Å². The summed E-state index contributed by atoms with van der Waals surface area (Å²) in [7, 11) is 0. The van der Waals surface area contributed by atoms with Crippen LogP contribution in [0.3, 0.4) is 0 Å². The van der Waals surface area contributed by atoms with Gasteiger partial charge in [0.15, 0.2) is 0 Å². The Morgan fingerprint density at radius 2 is 1.96 bits per heavy atom. The van der Waals surface area contributed by atoms with Gasteiger partial charge in [0.2, 0.25) is 0 Å². The van der Waals surface area contributed by atoms with E-state index in [-0.39, 0.29) is 11.9 Å². The number of hydrogen-bond acceptors (Lipinski definition) is 3. The summed E-state index contributed by atoms with van der Waals surface area (Å²) in [4.78, 5) is 17.2. The van der Waals surface area contributed by atoms with E-state index in [0.29, 0.717) is 5.56 Å². The molecule has 0 spiro atoms. The summed E-state index contributed by atoms with van der Waals surface area (Å²) in [6.45, 7) is 2.78. The number of rotatable bonds is 6. The highest BCUT2D eigenvalue weighted by Crippen LogP contribution is 2.19. The average molecular weight is 359 g/mol. The van der Waals surface area contributed by atoms with Gasteiger partial charge in [-0.3, -0.25) is 9.48 Å². The number of hydrogen-bond donors (Lipinski definition) is 1. The Hall–Kier alpha value is -3.41. The number of aromatic nitrogens is 4. The molecule has 1 aromatic carbocycles. The molecule has 0 saturated heterocycles. The fourth-order valence-electron chi connectivity index (χ4n) is 3.01. The monoisotopic (exact) mass is 359 g/mol. The van der Waals surface area contributed by atoms with Crippen LogP contribution in [-0.2, 0) is 6.54 Å². The zero-order valence-electron chi connectivity index (χ0n) is 15.1. The van der Waals surface area contributed by atoms with E-state index in [1.165, 1.54) is 0 Å². The molecule has 1 atom stereocenters. The minimum absolute atomic E-state index is 0.0556. The third kappa shape index (κ3) is 3.89. The molecule has 27 heavy (non-hydrogen) atoms. The standard InChI is InChI=1S/C21H21N5O/c1-16(10-13-26-12-5-11-22-26)23-21(27)18-8-9-20-24-19(15-25(20)14-18)17-6-3-2-4-7-17/h2-9,11-12,14-16H,10,13H2,1H3,(H,23,27)/t16-/m0/s1. The maximum Gasteiger partial charge on any atom is 0.252 e. The highest BCUT2D eigenvalue weighted by Gasteiger charge is 2.12. The minimum Gasteiger partial charge on any atom is -0.349 e. The van der Waals surface area contributed by atoms with Crippen LogP contribution in [0.1, 0.15) is 23.7 Å². The van der Waals surface area contributed by atoms with Crippen molar-refractivity contribution in [1.82, 2.24) is 24.5 Å². The number of amides is 1. The van der Waals surface area contributed by atoms with Crippen LogP contribution in [0.15, 0.2) is 73.3 Å². The molecular formula is C21H21N5O. The van der Waals surface area contributed by atoms with E-state index in [1.807, 2.05) is 83.1 Å². The molecule has 0 aliphatic heterocycles. The molecule has 0 saturated carbocycles. The van der Waals surface area contributed by atoms with Crippen molar-refractivity contribution in [3.05, 3.63) is 78.9 Å². The van der Waals surface area contributed by atoms with Crippen LogP contribution < -0.4 is 5.32 Å². The number of carbonyl (C=O) groups is 1. The molecule has 0 bridgehead atoms. The van der Waals surface area contributed by atoms with Gasteiger partial charge in [0.25, 0.3) is 5.91 Å². The zero-order valence-corrected chi connectivity index (χ0v) is 15.1. The van der Waals surface area contributed by atoms with Crippen molar-refractivity contribution in [2.75, 3.05) is 0 Å². The normalized spacial score (nSPS) is 12.2. The van der Waals surface area contributed by atoms with Crippen LogP contribution in [0.4, 0.5) is 0 Å². The van der Waals surface area contributed by atoms with Crippen LogP contribution in [-0.4, -0.2) is 31.1 Å².